The number of rotatable bonds is 5. The Hall–Kier alpha value is -1.38. The van der Waals surface area contributed by atoms with E-state index in [-0.39, 0.29) is 12.8 Å². The van der Waals surface area contributed by atoms with Crippen molar-refractivity contribution in [3.05, 3.63) is 35.4 Å². The maximum absolute atomic E-state index is 12.2. The average molecular weight is 254 g/mol. The molecule has 3 nitrogen and oxygen atoms in total. The van der Waals surface area contributed by atoms with Crippen molar-refractivity contribution < 1.29 is 17.4 Å². The third-order valence-electron chi connectivity index (χ3n) is 2.42. The minimum absolute atomic E-state index is 0.0145. The van der Waals surface area contributed by atoms with Crippen LogP contribution in [0.2, 0.25) is 0 Å². The van der Waals surface area contributed by atoms with E-state index in [9.17, 15) is 17.4 Å². The number of hydrogen-bond acceptors (Lipinski definition) is 3. The van der Waals surface area contributed by atoms with E-state index in [1.807, 2.05) is 0 Å². The zero-order chi connectivity index (χ0) is 12.9. The molecule has 0 spiro atoms. The molecular weight excluding hydrogens is 242 g/mol. The van der Waals surface area contributed by atoms with Crippen LogP contribution in [0.15, 0.2) is 24.3 Å². The van der Waals surface area contributed by atoms with E-state index >= 15 is 0 Å². The standard InChI is InChI=1S/C12H13FO3S/c1-2-10-3-5-11(6-4-10)9-12(7-8-13)17(14,15)16/h1,3-6,12H,7-9H2,(H,14,15,16)/p-1/i13-1. The Kier molecular flexibility index (Phi) is 4.67. The largest absolute Gasteiger partial charge is 0.748 e. The van der Waals surface area contributed by atoms with Gasteiger partial charge in [-0.3, -0.25) is 4.39 Å². The van der Waals surface area contributed by atoms with Crippen LogP contribution in [0.4, 0.5) is 4.39 Å². The number of alkyl halides is 1. The van der Waals surface area contributed by atoms with Crippen molar-refractivity contribution in [1.82, 2.24) is 0 Å². The second-order valence-electron chi connectivity index (χ2n) is 3.64. The van der Waals surface area contributed by atoms with Gasteiger partial charge in [0.25, 0.3) is 0 Å². The molecule has 1 aromatic rings. The minimum Gasteiger partial charge on any atom is -0.748 e. The van der Waals surface area contributed by atoms with Crippen molar-refractivity contribution in [2.24, 2.45) is 0 Å². The lowest BCUT2D eigenvalue weighted by Gasteiger charge is -2.19. The van der Waals surface area contributed by atoms with E-state index in [2.05, 4.69) is 5.92 Å². The van der Waals surface area contributed by atoms with Crippen LogP contribution in [0.5, 0.6) is 0 Å². The summed E-state index contributed by atoms with van der Waals surface area (Å²) < 4.78 is 44.8. The minimum atomic E-state index is -4.47. The van der Waals surface area contributed by atoms with Gasteiger partial charge < -0.3 is 4.55 Å². The van der Waals surface area contributed by atoms with Gasteiger partial charge in [-0.05, 0) is 30.5 Å². The fourth-order valence-electron chi connectivity index (χ4n) is 1.47. The van der Waals surface area contributed by atoms with E-state index in [1.54, 1.807) is 24.3 Å². The Morgan fingerprint density at radius 3 is 2.35 bits per heavy atom. The highest BCUT2D eigenvalue weighted by atomic mass is 32.2. The van der Waals surface area contributed by atoms with Crippen molar-refractivity contribution in [3.8, 4) is 12.3 Å². The molecule has 0 bridgehead atoms. The van der Waals surface area contributed by atoms with E-state index in [0.29, 0.717) is 11.1 Å². The first-order chi connectivity index (χ1) is 7.97. The molecule has 1 unspecified atom stereocenters. The number of terminal acetylenes is 1. The molecule has 0 saturated heterocycles. The van der Waals surface area contributed by atoms with E-state index in [1.165, 1.54) is 0 Å². The second-order valence-corrected chi connectivity index (χ2v) is 5.29. The summed E-state index contributed by atoms with van der Waals surface area (Å²) in [6.45, 7) is -0.825. The molecule has 1 atom stereocenters. The molecule has 0 aliphatic rings. The summed E-state index contributed by atoms with van der Waals surface area (Å²) in [6.07, 6.45) is 4.91. The van der Waals surface area contributed by atoms with Gasteiger partial charge in [-0.25, -0.2) is 8.42 Å². The summed E-state index contributed by atoms with van der Waals surface area (Å²) in [5.41, 5.74) is 1.32. The summed E-state index contributed by atoms with van der Waals surface area (Å²) in [7, 11) is -4.47. The van der Waals surface area contributed by atoms with Crippen LogP contribution in [0.3, 0.4) is 0 Å². The third-order valence-corrected chi connectivity index (χ3v) is 3.64. The van der Waals surface area contributed by atoms with Crippen LogP contribution >= 0.6 is 0 Å². The van der Waals surface area contributed by atoms with Crippen LogP contribution in [0.25, 0.3) is 0 Å². The van der Waals surface area contributed by atoms with Gasteiger partial charge in [0.2, 0.25) is 0 Å². The Labute approximate surface area is 100 Å². The Bertz CT molecular complexity index is 500. The van der Waals surface area contributed by atoms with Gasteiger partial charge >= 0.3 is 0 Å². The van der Waals surface area contributed by atoms with Crippen molar-refractivity contribution >= 4 is 10.1 Å². The van der Waals surface area contributed by atoms with Gasteiger partial charge in [0.1, 0.15) is 0 Å². The molecule has 92 valence electrons. The normalized spacial score (nSPS) is 13.0. The zero-order valence-corrected chi connectivity index (χ0v) is 9.91. The molecule has 0 amide bonds. The van der Waals surface area contributed by atoms with E-state index in [0.717, 1.165) is 0 Å². The van der Waals surface area contributed by atoms with Crippen molar-refractivity contribution in [2.75, 3.05) is 6.67 Å². The molecule has 0 fully saturated rings. The van der Waals surface area contributed by atoms with Gasteiger partial charge in [-0.1, -0.05) is 18.1 Å². The maximum Gasteiger partial charge on any atom is 0.0979 e. The van der Waals surface area contributed by atoms with Crippen LogP contribution in [0, 0.1) is 12.3 Å². The Morgan fingerprint density at radius 1 is 1.35 bits per heavy atom. The van der Waals surface area contributed by atoms with Crippen molar-refractivity contribution in [2.45, 2.75) is 18.1 Å². The molecule has 0 radical (unpaired) electrons. The second kappa shape index (κ2) is 5.80. The van der Waals surface area contributed by atoms with Crippen LogP contribution < -0.4 is 0 Å². The van der Waals surface area contributed by atoms with Gasteiger partial charge in [0.05, 0.1) is 22.0 Å². The van der Waals surface area contributed by atoms with Gasteiger partial charge in [0, 0.05) is 5.56 Å². The smallest absolute Gasteiger partial charge is 0.0979 e. The molecule has 0 heterocycles. The highest BCUT2D eigenvalue weighted by molar-refractivity contribution is 7.86. The fraction of sp³-hybridized carbons (Fsp3) is 0.333. The van der Waals surface area contributed by atoms with Gasteiger partial charge in [0.15, 0.2) is 0 Å². The predicted octanol–water partition coefficient (Wildman–Crippen LogP) is 1.48. The highest BCUT2D eigenvalue weighted by Gasteiger charge is 2.16. The first-order valence-electron chi connectivity index (χ1n) is 5.03. The fourth-order valence-corrected chi connectivity index (χ4v) is 2.24. The Morgan fingerprint density at radius 2 is 1.94 bits per heavy atom. The summed E-state index contributed by atoms with van der Waals surface area (Å²) >= 11 is 0. The molecule has 1 aromatic carbocycles. The summed E-state index contributed by atoms with van der Waals surface area (Å²) in [6, 6.07) is 6.59. The lowest BCUT2D eigenvalue weighted by atomic mass is 10.1. The summed E-state index contributed by atoms with van der Waals surface area (Å²) in [5, 5.41) is -1.22. The van der Waals surface area contributed by atoms with E-state index < -0.39 is 22.0 Å². The highest BCUT2D eigenvalue weighted by Crippen LogP contribution is 2.13. The first-order valence-corrected chi connectivity index (χ1v) is 6.50. The van der Waals surface area contributed by atoms with Gasteiger partial charge in [-0.2, -0.15) is 0 Å². The lowest BCUT2D eigenvalue weighted by molar-refractivity contribution is 0.415. The number of benzene rings is 1. The lowest BCUT2D eigenvalue weighted by Crippen LogP contribution is -2.24. The first kappa shape index (κ1) is 13.7. The SMILES string of the molecule is C#Cc1ccc(CC(CC[18F])S(=O)(=O)[O-])cc1. The molecule has 17 heavy (non-hydrogen) atoms. The molecule has 0 N–H and O–H groups in total. The van der Waals surface area contributed by atoms with Crippen LogP contribution in [-0.4, -0.2) is 24.9 Å². The van der Waals surface area contributed by atoms with Crippen LogP contribution in [0.1, 0.15) is 17.5 Å². The molecule has 0 aliphatic heterocycles. The van der Waals surface area contributed by atoms with Crippen molar-refractivity contribution in [3.63, 3.8) is 0 Å². The maximum atomic E-state index is 12.2. The Balaban J connectivity index is 2.83. The topological polar surface area (TPSA) is 57.2 Å². The predicted molar refractivity (Wildman–Crippen MR) is 62.2 cm³/mol. The summed E-state index contributed by atoms with van der Waals surface area (Å²) in [5.74, 6) is 2.42. The quantitative estimate of drug-likeness (QED) is 0.591. The number of halogens is 1. The molecular formula is C12H12FO3S-. The average Bonchev–Trinajstić information content (AvgIpc) is 2.28. The molecule has 1 rings (SSSR count). The van der Waals surface area contributed by atoms with E-state index in [4.69, 9.17) is 6.42 Å². The van der Waals surface area contributed by atoms with Crippen molar-refractivity contribution in [1.29, 1.82) is 0 Å². The van der Waals surface area contributed by atoms with Gasteiger partial charge in [-0.15, -0.1) is 6.42 Å². The number of hydrogen-bond donors (Lipinski definition) is 0. The zero-order valence-electron chi connectivity index (χ0n) is 9.10. The summed E-state index contributed by atoms with van der Waals surface area (Å²) in [4.78, 5) is 0. The molecule has 5 heteroatoms. The third kappa shape index (κ3) is 4.17. The van der Waals surface area contributed by atoms with Crippen LogP contribution in [-0.2, 0) is 16.5 Å². The monoisotopic (exact) mass is 254 g/mol. The molecule has 0 saturated carbocycles. The molecule has 0 aliphatic carbocycles. The molecule has 0 aromatic heterocycles.